The molecular weight excluding hydrogens is 366 g/mol. The Balaban J connectivity index is 1.87. The standard InChI is InChI=1S/C19H27N3O2S2/c1-6-7-13(3)11-25-19-22-21-18(26-19)20-17(23)15(5)24-16-9-8-12(2)10-14(16)4/h8-10,13,15H,6-7,11H2,1-5H3,(H,20,21,23). The number of hydrogen-bond donors (Lipinski definition) is 1. The third-order valence-corrected chi connectivity index (χ3v) is 6.21. The Hall–Kier alpha value is -1.60. The molecule has 2 rings (SSSR count). The van der Waals surface area contributed by atoms with Gasteiger partial charge >= 0.3 is 0 Å². The first-order valence-corrected chi connectivity index (χ1v) is 10.7. The van der Waals surface area contributed by atoms with Gasteiger partial charge in [0.05, 0.1) is 0 Å². The minimum atomic E-state index is -0.610. The highest BCUT2D eigenvalue weighted by Gasteiger charge is 2.18. The van der Waals surface area contributed by atoms with Gasteiger partial charge in [-0.3, -0.25) is 10.1 Å². The van der Waals surface area contributed by atoms with Crippen molar-refractivity contribution in [3.63, 3.8) is 0 Å². The highest BCUT2D eigenvalue weighted by molar-refractivity contribution is 8.01. The van der Waals surface area contributed by atoms with Gasteiger partial charge in [0.1, 0.15) is 5.75 Å². The van der Waals surface area contributed by atoms with Gasteiger partial charge < -0.3 is 4.74 Å². The van der Waals surface area contributed by atoms with E-state index in [4.69, 9.17) is 4.74 Å². The fourth-order valence-corrected chi connectivity index (χ4v) is 4.34. The lowest BCUT2D eigenvalue weighted by Gasteiger charge is -2.15. The Morgan fingerprint density at radius 3 is 2.77 bits per heavy atom. The van der Waals surface area contributed by atoms with Crippen molar-refractivity contribution in [1.29, 1.82) is 0 Å². The number of carbonyl (C=O) groups is 1. The molecule has 142 valence electrons. The number of ether oxygens (including phenoxy) is 1. The van der Waals surface area contributed by atoms with E-state index in [1.54, 1.807) is 18.7 Å². The van der Waals surface area contributed by atoms with Crippen LogP contribution in [0.2, 0.25) is 0 Å². The summed E-state index contributed by atoms with van der Waals surface area (Å²) in [5.41, 5.74) is 2.18. The Morgan fingerprint density at radius 1 is 1.31 bits per heavy atom. The summed E-state index contributed by atoms with van der Waals surface area (Å²) in [7, 11) is 0. The summed E-state index contributed by atoms with van der Waals surface area (Å²) in [6, 6.07) is 5.90. The van der Waals surface area contributed by atoms with E-state index in [0.29, 0.717) is 11.0 Å². The van der Waals surface area contributed by atoms with Gasteiger partial charge in [-0.25, -0.2) is 0 Å². The second-order valence-electron chi connectivity index (χ2n) is 6.60. The van der Waals surface area contributed by atoms with Gasteiger partial charge in [0.15, 0.2) is 10.4 Å². The summed E-state index contributed by atoms with van der Waals surface area (Å²) < 4.78 is 6.67. The Kier molecular flexibility index (Phi) is 7.90. The molecule has 0 saturated carbocycles. The summed E-state index contributed by atoms with van der Waals surface area (Å²) >= 11 is 3.10. The molecule has 5 nitrogen and oxygen atoms in total. The van der Waals surface area contributed by atoms with Crippen LogP contribution in [0.15, 0.2) is 22.5 Å². The number of aryl methyl sites for hydroxylation is 2. The maximum atomic E-state index is 12.4. The molecule has 0 aliphatic heterocycles. The van der Waals surface area contributed by atoms with Gasteiger partial charge in [-0.1, -0.05) is 67.5 Å². The minimum Gasteiger partial charge on any atom is -0.481 e. The average molecular weight is 394 g/mol. The first kappa shape index (κ1) is 20.7. The molecular formula is C19H27N3O2S2. The zero-order valence-electron chi connectivity index (χ0n) is 16.0. The number of benzene rings is 1. The van der Waals surface area contributed by atoms with Crippen molar-refractivity contribution in [2.24, 2.45) is 5.92 Å². The molecule has 0 aliphatic rings. The van der Waals surface area contributed by atoms with Crippen LogP contribution in [0, 0.1) is 19.8 Å². The fourth-order valence-electron chi connectivity index (χ4n) is 2.49. The SMILES string of the molecule is CCCC(C)CSc1nnc(NC(=O)C(C)Oc2ccc(C)cc2C)s1. The lowest BCUT2D eigenvalue weighted by atomic mass is 10.1. The highest BCUT2D eigenvalue weighted by Crippen LogP contribution is 2.28. The lowest BCUT2D eigenvalue weighted by Crippen LogP contribution is -2.30. The van der Waals surface area contributed by atoms with Gasteiger partial charge in [0.25, 0.3) is 5.91 Å². The second-order valence-corrected chi connectivity index (χ2v) is 8.84. The van der Waals surface area contributed by atoms with Crippen molar-refractivity contribution < 1.29 is 9.53 Å². The third kappa shape index (κ3) is 6.29. The largest absolute Gasteiger partial charge is 0.481 e. The molecule has 0 bridgehead atoms. The summed E-state index contributed by atoms with van der Waals surface area (Å²) in [5.74, 6) is 2.16. The van der Waals surface area contributed by atoms with E-state index >= 15 is 0 Å². The molecule has 1 amide bonds. The van der Waals surface area contributed by atoms with Crippen LogP contribution >= 0.6 is 23.1 Å². The van der Waals surface area contributed by atoms with E-state index in [0.717, 1.165) is 21.4 Å². The lowest BCUT2D eigenvalue weighted by molar-refractivity contribution is -0.122. The number of aromatic nitrogens is 2. The van der Waals surface area contributed by atoms with Gasteiger partial charge in [-0.15, -0.1) is 10.2 Å². The molecule has 1 N–H and O–H groups in total. The van der Waals surface area contributed by atoms with E-state index < -0.39 is 6.10 Å². The van der Waals surface area contributed by atoms with Crippen LogP contribution in [0.5, 0.6) is 5.75 Å². The first-order valence-electron chi connectivity index (χ1n) is 8.90. The van der Waals surface area contributed by atoms with E-state index in [1.807, 2.05) is 32.0 Å². The molecule has 0 fully saturated rings. The highest BCUT2D eigenvalue weighted by atomic mass is 32.2. The van der Waals surface area contributed by atoms with E-state index in [1.165, 1.54) is 29.7 Å². The Labute approximate surface area is 163 Å². The van der Waals surface area contributed by atoms with Crippen LogP contribution in [0.4, 0.5) is 5.13 Å². The molecule has 2 unspecified atom stereocenters. The molecule has 2 atom stereocenters. The van der Waals surface area contributed by atoms with Gasteiger partial charge in [-0.05, 0) is 38.3 Å². The molecule has 26 heavy (non-hydrogen) atoms. The van der Waals surface area contributed by atoms with Crippen molar-refractivity contribution in [2.75, 3.05) is 11.1 Å². The van der Waals surface area contributed by atoms with Crippen molar-refractivity contribution in [3.8, 4) is 5.75 Å². The second kappa shape index (κ2) is 9.92. The molecule has 1 heterocycles. The Bertz CT molecular complexity index is 733. The number of carbonyl (C=O) groups excluding carboxylic acids is 1. The maximum Gasteiger partial charge on any atom is 0.266 e. The van der Waals surface area contributed by atoms with Crippen molar-refractivity contribution in [3.05, 3.63) is 29.3 Å². The third-order valence-electron chi connectivity index (χ3n) is 3.91. The first-order chi connectivity index (χ1) is 12.4. The van der Waals surface area contributed by atoms with Crippen LogP contribution in [-0.4, -0.2) is 28.0 Å². The molecule has 1 aromatic carbocycles. The number of thioether (sulfide) groups is 1. The van der Waals surface area contributed by atoms with Crippen LogP contribution in [0.25, 0.3) is 0 Å². The molecule has 0 spiro atoms. The number of nitrogens with one attached hydrogen (secondary N) is 1. The van der Waals surface area contributed by atoms with E-state index in [9.17, 15) is 4.79 Å². The van der Waals surface area contributed by atoms with E-state index in [2.05, 4.69) is 29.4 Å². The molecule has 0 radical (unpaired) electrons. The molecule has 0 saturated heterocycles. The van der Waals surface area contributed by atoms with E-state index in [-0.39, 0.29) is 5.91 Å². The van der Waals surface area contributed by atoms with Crippen molar-refractivity contribution >= 4 is 34.1 Å². The zero-order valence-corrected chi connectivity index (χ0v) is 17.7. The fraction of sp³-hybridized carbons (Fsp3) is 0.526. The van der Waals surface area contributed by atoms with Gasteiger partial charge in [0.2, 0.25) is 5.13 Å². The predicted octanol–water partition coefficient (Wildman–Crippen LogP) is 5.09. The Morgan fingerprint density at radius 2 is 2.08 bits per heavy atom. The van der Waals surface area contributed by atoms with Crippen molar-refractivity contribution in [1.82, 2.24) is 10.2 Å². The number of rotatable bonds is 9. The number of hydrogen-bond acceptors (Lipinski definition) is 6. The summed E-state index contributed by atoms with van der Waals surface area (Å²) in [5, 5.41) is 11.5. The number of nitrogens with zero attached hydrogens (tertiary/aromatic N) is 2. The average Bonchev–Trinajstić information content (AvgIpc) is 3.03. The van der Waals surface area contributed by atoms with Crippen LogP contribution in [0.3, 0.4) is 0 Å². The topological polar surface area (TPSA) is 64.1 Å². The molecule has 0 aliphatic carbocycles. The predicted molar refractivity (Wildman–Crippen MR) is 109 cm³/mol. The molecule has 2 aromatic rings. The number of anilines is 1. The molecule has 7 heteroatoms. The smallest absolute Gasteiger partial charge is 0.266 e. The monoisotopic (exact) mass is 393 g/mol. The van der Waals surface area contributed by atoms with Gasteiger partial charge in [0, 0.05) is 5.75 Å². The van der Waals surface area contributed by atoms with Crippen LogP contribution in [0.1, 0.15) is 44.7 Å². The summed E-state index contributed by atoms with van der Waals surface area (Å²) in [6.45, 7) is 10.2. The normalized spacial score (nSPS) is 13.3. The van der Waals surface area contributed by atoms with Gasteiger partial charge in [-0.2, -0.15) is 0 Å². The number of amides is 1. The summed E-state index contributed by atoms with van der Waals surface area (Å²) in [4.78, 5) is 12.4. The quantitative estimate of drug-likeness (QED) is 0.475. The van der Waals surface area contributed by atoms with Crippen LogP contribution < -0.4 is 10.1 Å². The van der Waals surface area contributed by atoms with Crippen molar-refractivity contribution in [2.45, 2.75) is 57.9 Å². The summed E-state index contributed by atoms with van der Waals surface area (Å²) in [6.07, 6.45) is 1.79. The molecule has 1 aromatic heterocycles. The minimum absolute atomic E-state index is 0.225. The zero-order chi connectivity index (χ0) is 19.1. The van der Waals surface area contributed by atoms with Crippen LogP contribution in [-0.2, 0) is 4.79 Å². The maximum absolute atomic E-state index is 12.4.